The van der Waals surface area contributed by atoms with Gasteiger partial charge in [0.15, 0.2) is 11.0 Å². The first-order chi connectivity index (χ1) is 17.5. The van der Waals surface area contributed by atoms with Crippen molar-refractivity contribution in [2.45, 2.75) is 31.1 Å². The standard InChI is InChI=1S/C28H26N4O3S/c1-19-12-14-23(15-13-19)32-26(20-8-4-3-5-9-20)29-30-28(32)36-18-25(33)31-17-22-11-7-6-10-21(22)16-24(31)27(34)35-2/h3-15,24H,16-18H2,1-2H3/t24-/m1/s1. The molecule has 0 saturated carbocycles. The first-order valence-corrected chi connectivity index (χ1v) is 12.7. The number of fused-ring (bicyclic) bond motifs is 1. The van der Waals surface area contributed by atoms with Gasteiger partial charge < -0.3 is 9.64 Å². The Kier molecular flexibility index (Phi) is 6.86. The van der Waals surface area contributed by atoms with Crippen molar-refractivity contribution in [1.29, 1.82) is 0 Å². The van der Waals surface area contributed by atoms with Crippen LogP contribution >= 0.6 is 11.8 Å². The Balaban J connectivity index is 1.42. The van der Waals surface area contributed by atoms with Crippen LogP contribution in [-0.4, -0.2) is 50.4 Å². The van der Waals surface area contributed by atoms with Gasteiger partial charge in [-0.25, -0.2) is 4.79 Å². The second-order valence-electron chi connectivity index (χ2n) is 8.67. The van der Waals surface area contributed by atoms with Gasteiger partial charge in [0.2, 0.25) is 5.91 Å². The molecule has 0 unspecified atom stereocenters. The minimum Gasteiger partial charge on any atom is -0.467 e. The Labute approximate surface area is 214 Å². The number of benzene rings is 3. The quantitative estimate of drug-likeness (QED) is 0.289. The van der Waals surface area contributed by atoms with Crippen molar-refractivity contribution in [3.63, 3.8) is 0 Å². The van der Waals surface area contributed by atoms with E-state index in [-0.39, 0.29) is 11.7 Å². The van der Waals surface area contributed by atoms with E-state index in [1.54, 1.807) is 4.90 Å². The summed E-state index contributed by atoms with van der Waals surface area (Å²) in [6.07, 6.45) is 0.441. The Morgan fingerprint density at radius 2 is 1.64 bits per heavy atom. The molecule has 8 heteroatoms. The zero-order chi connectivity index (χ0) is 25.1. The van der Waals surface area contributed by atoms with Crippen LogP contribution in [0.2, 0.25) is 0 Å². The number of rotatable bonds is 6. The maximum Gasteiger partial charge on any atom is 0.328 e. The Morgan fingerprint density at radius 3 is 2.36 bits per heavy atom. The van der Waals surface area contributed by atoms with Crippen LogP contribution in [0.1, 0.15) is 16.7 Å². The van der Waals surface area contributed by atoms with Gasteiger partial charge >= 0.3 is 5.97 Å². The van der Waals surface area contributed by atoms with Crippen LogP contribution in [0.4, 0.5) is 0 Å². The monoisotopic (exact) mass is 498 g/mol. The van der Waals surface area contributed by atoms with Crippen LogP contribution in [-0.2, 0) is 27.3 Å². The summed E-state index contributed by atoms with van der Waals surface area (Å²) >= 11 is 1.31. The number of aryl methyl sites for hydroxylation is 1. The fourth-order valence-electron chi connectivity index (χ4n) is 4.41. The van der Waals surface area contributed by atoms with Gasteiger partial charge in [-0.05, 0) is 30.2 Å². The lowest BCUT2D eigenvalue weighted by Gasteiger charge is -2.35. The molecule has 2 heterocycles. The largest absolute Gasteiger partial charge is 0.467 e. The summed E-state index contributed by atoms with van der Waals surface area (Å²) in [6, 6.07) is 25.2. The summed E-state index contributed by atoms with van der Waals surface area (Å²) in [5.74, 6) is 0.268. The predicted octanol–water partition coefficient (Wildman–Crippen LogP) is 4.46. The lowest BCUT2D eigenvalue weighted by Crippen LogP contribution is -2.49. The molecule has 3 aromatic carbocycles. The summed E-state index contributed by atoms with van der Waals surface area (Å²) in [5, 5.41) is 9.49. The van der Waals surface area contributed by atoms with Crippen LogP contribution in [0.5, 0.6) is 0 Å². The lowest BCUT2D eigenvalue weighted by molar-refractivity contribution is -0.153. The highest BCUT2D eigenvalue weighted by Gasteiger charge is 2.35. The van der Waals surface area contributed by atoms with Crippen molar-refractivity contribution in [2.75, 3.05) is 12.9 Å². The number of thioether (sulfide) groups is 1. The van der Waals surface area contributed by atoms with Gasteiger partial charge in [-0.1, -0.05) is 84.1 Å². The molecule has 7 nitrogen and oxygen atoms in total. The second-order valence-corrected chi connectivity index (χ2v) is 9.61. The second kappa shape index (κ2) is 10.4. The van der Waals surface area contributed by atoms with Crippen LogP contribution < -0.4 is 0 Å². The number of methoxy groups -OCH3 is 1. The number of aromatic nitrogens is 3. The topological polar surface area (TPSA) is 77.3 Å². The van der Waals surface area contributed by atoms with Gasteiger partial charge in [0.05, 0.1) is 12.9 Å². The van der Waals surface area contributed by atoms with E-state index in [4.69, 9.17) is 4.74 Å². The highest BCUT2D eigenvalue weighted by Crippen LogP contribution is 2.30. The average molecular weight is 499 g/mol. The third-order valence-electron chi connectivity index (χ3n) is 6.32. The number of nitrogens with zero attached hydrogens (tertiary/aromatic N) is 4. The third-order valence-corrected chi connectivity index (χ3v) is 7.24. The van der Waals surface area contributed by atoms with E-state index in [2.05, 4.69) is 10.2 Å². The SMILES string of the molecule is COC(=O)[C@H]1Cc2ccccc2CN1C(=O)CSc1nnc(-c2ccccc2)n1-c1ccc(C)cc1. The van der Waals surface area contributed by atoms with Gasteiger partial charge in [0.1, 0.15) is 6.04 Å². The molecule has 0 N–H and O–H groups in total. The number of hydrogen-bond acceptors (Lipinski definition) is 6. The minimum absolute atomic E-state index is 0.119. The van der Waals surface area contributed by atoms with Gasteiger partial charge in [0, 0.05) is 24.2 Å². The van der Waals surface area contributed by atoms with Gasteiger partial charge in [-0.3, -0.25) is 9.36 Å². The molecule has 0 radical (unpaired) electrons. The molecule has 0 bridgehead atoms. The van der Waals surface area contributed by atoms with Crippen molar-refractivity contribution in [1.82, 2.24) is 19.7 Å². The molecule has 1 atom stereocenters. The van der Waals surface area contributed by atoms with Gasteiger partial charge in [-0.15, -0.1) is 10.2 Å². The molecular weight excluding hydrogens is 472 g/mol. The average Bonchev–Trinajstić information content (AvgIpc) is 3.35. The lowest BCUT2D eigenvalue weighted by atomic mass is 9.94. The summed E-state index contributed by atoms with van der Waals surface area (Å²) in [4.78, 5) is 27.6. The van der Waals surface area contributed by atoms with E-state index in [0.717, 1.165) is 27.9 Å². The zero-order valence-electron chi connectivity index (χ0n) is 20.1. The Bertz CT molecular complexity index is 1390. The Morgan fingerprint density at radius 1 is 0.944 bits per heavy atom. The van der Waals surface area contributed by atoms with Crippen LogP contribution in [0, 0.1) is 6.92 Å². The number of carbonyl (C=O) groups excluding carboxylic acids is 2. The summed E-state index contributed by atoms with van der Waals surface area (Å²) in [6.45, 7) is 2.41. The van der Waals surface area contributed by atoms with Gasteiger partial charge in [-0.2, -0.15) is 0 Å². The van der Waals surface area contributed by atoms with E-state index in [1.165, 1.54) is 18.9 Å². The fourth-order valence-corrected chi connectivity index (χ4v) is 5.24. The van der Waals surface area contributed by atoms with E-state index in [9.17, 15) is 9.59 Å². The molecule has 4 aromatic rings. The predicted molar refractivity (Wildman–Crippen MR) is 139 cm³/mol. The van der Waals surface area contributed by atoms with Crippen molar-refractivity contribution < 1.29 is 14.3 Å². The number of carbonyl (C=O) groups is 2. The highest BCUT2D eigenvalue weighted by atomic mass is 32.2. The molecular formula is C28H26N4O3S. The molecule has 5 rings (SSSR count). The van der Waals surface area contributed by atoms with Crippen molar-refractivity contribution >= 4 is 23.6 Å². The normalized spacial score (nSPS) is 14.8. The maximum absolute atomic E-state index is 13.4. The van der Waals surface area contributed by atoms with Crippen LogP contribution in [0.3, 0.4) is 0 Å². The number of amides is 1. The molecule has 182 valence electrons. The molecule has 0 fully saturated rings. The number of hydrogen-bond donors (Lipinski definition) is 0. The van der Waals surface area contributed by atoms with Crippen molar-refractivity contribution in [2.24, 2.45) is 0 Å². The van der Waals surface area contributed by atoms with Crippen LogP contribution in [0.25, 0.3) is 17.1 Å². The van der Waals surface area contributed by atoms with E-state index >= 15 is 0 Å². The highest BCUT2D eigenvalue weighted by molar-refractivity contribution is 7.99. The molecule has 0 aliphatic carbocycles. The van der Waals surface area contributed by atoms with Crippen molar-refractivity contribution in [3.8, 4) is 17.1 Å². The van der Waals surface area contributed by atoms with Gasteiger partial charge in [0.25, 0.3) is 0 Å². The molecule has 1 aliphatic rings. The van der Waals surface area contributed by atoms with Crippen LogP contribution in [0.15, 0.2) is 84.0 Å². The summed E-state index contributed by atoms with van der Waals surface area (Å²) < 4.78 is 6.99. The summed E-state index contributed by atoms with van der Waals surface area (Å²) in [7, 11) is 1.36. The molecule has 1 aromatic heterocycles. The van der Waals surface area contributed by atoms with E-state index in [0.29, 0.717) is 23.9 Å². The van der Waals surface area contributed by atoms with Crippen molar-refractivity contribution in [3.05, 3.63) is 95.6 Å². The fraction of sp³-hybridized carbons (Fsp3) is 0.214. The number of ether oxygens (including phenoxy) is 1. The third kappa shape index (κ3) is 4.77. The van der Waals surface area contributed by atoms with E-state index in [1.807, 2.05) is 90.4 Å². The molecule has 0 spiro atoms. The maximum atomic E-state index is 13.4. The molecule has 0 saturated heterocycles. The molecule has 1 amide bonds. The minimum atomic E-state index is -0.646. The zero-order valence-corrected chi connectivity index (χ0v) is 20.9. The Hall–Kier alpha value is -3.91. The summed E-state index contributed by atoms with van der Waals surface area (Å²) in [5.41, 5.74) is 5.11. The number of esters is 1. The molecule has 36 heavy (non-hydrogen) atoms. The first kappa shape index (κ1) is 23.8. The van der Waals surface area contributed by atoms with E-state index < -0.39 is 12.0 Å². The molecule has 1 aliphatic heterocycles. The smallest absolute Gasteiger partial charge is 0.328 e. The first-order valence-electron chi connectivity index (χ1n) is 11.7.